The number of hydrogen-bond acceptors (Lipinski definition) is 0. The van der Waals surface area contributed by atoms with Crippen molar-refractivity contribution in [1.82, 2.24) is 0 Å². The van der Waals surface area contributed by atoms with Gasteiger partial charge in [-0.1, -0.05) is 76.3 Å². The molecule has 0 unspecified atom stereocenters. The monoisotopic (exact) mass is 276 g/mol. The molecule has 0 atom stereocenters. The Morgan fingerprint density at radius 1 is 0.800 bits per heavy atom. The second-order valence-electron chi connectivity index (χ2n) is 4.16. The highest BCUT2D eigenvalue weighted by Gasteiger charge is 1.99. The fourth-order valence-corrected chi connectivity index (χ4v) is 1.29. The molecule has 0 heteroatoms. The number of allylic oxidation sites excluding steroid dienone is 8. The van der Waals surface area contributed by atoms with Crippen LogP contribution in [0.2, 0.25) is 0 Å². The fraction of sp³-hybridized carbons (Fsp3) is 0.500. The van der Waals surface area contributed by atoms with Gasteiger partial charge >= 0.3 is 0 Å². The van der Waals surface area contributed by atoms with E-state index in [-0.39, 0.29) is 0 Å². The molecule has 116 valence electrons. The summed E-state index contributed by atoms with van der Waals surface area (Å²) >= 11 is 0. The normalized spacial score (nSPS) is 11.2. The Morgan fingerprint density at radius 2 is 1.30 bits per heavy atom. The zero-order valence-corrected chi connectivity index (χ0v) is 15.1. The van der Waals surface area contributed by atoms with Crippen LogP contribution in [0.3, 0.4) is 0 Å². The van der Waals surface area contributed by atoms with Crippen molar-refractivity contribution in [3.8, 4) is 0 Å². The molecule has 0 aliphatic rings. The topological polar surface area (TPSA) is 0 Å². The van der Waals surface area contributed by atoms with E-state index in [0.29, 0.717) is 0 Å². The van der Waals surface area contributed by atoms with Crippen LogP contribution in [0.4, 0.5) is 0 Å². The van der Waals surface area contributed by atoms with Gasteiger partial charge in [-0.2, -0.15) is 0 Å². The summed E-state index contributed by atoms with van der Waals surface area (Å²) in [7, 11) is 0. The first-order valence-corrected chi connectivity index (χ1v) is 7.81. The fourth-order valence-electron chi connectivity index (χ4n) is 1.29. The molecule has 0 N–H and O–H groups in total. The SMILES string of the molecule is C=C(C)/C=C\C(=C/C)C(=C)CC/C(C)=C\C.CC.CC. The summed E-state index contributed by atoms with van der Waals surface area (Å²) in [5, 5.41) is 0. The summed E-state index contributed by atoms with van der Waals surface area (Å²) in [5.41, 5.74) is 4.89. The van der Waals surface area contributed by atoms with Gasteiger partial charge in [0, 0.05) is 0 Å². The molecule has 0 amide bonds. The summed E-state index contributed by atoms with van der Waals surface area (Å²) in [6.07, 6.45) is 10.5. The predicted octanol–water partition coefficient (Wildman–Crippen LogP) is 7.42. The third-order valence-corrected chi connectivity index (χ3v) is 2.58. The van der Waals surface area contributed by atoms with E-state index in [1.807, 2.05) is 47.6 Å². The molecule has 0 bridgehead atoms. The number of rotatable bonds is 6. The Kier molecular flexibility index (Phi) is 21.0. The lowest BCUT2D eigenvalue weighted by atomic mass is 9.99. The van der Waals surface area contributed by atoms with Crippen LogP contribution in [0, 0.1) is 0 Å². The molecule has 0 heterocycles. The maximum Gasteiger partial charge on any atom is -0.0242 e. The van der Waals surface area contributed by atoms with Crippen molar-refractivity contribution in [3.63, 3.8) is 0 Å². The minimum Gasteiger partial charge on any atom is -0.0961 e. The lowest BCUT2D eigenvalue weighted by molar-refractivity contribution is 0.937. The van der Waals surface area contributed by atoms with E-state index in [9.17, 15) is 0 Å². The molecule has 0 nitrogen and oxygen atoms in total. The van der Waals surface area contributed by atoms with Gasteiger partial charge in [-0.25, -0.2) is 0 Å². The van der Waals surface area contributed by atoms with Gasteiger partial charge in [-0.05, 0) is 51.7 Å². The third kappa shape index (κ3) is 14.8. The molecule has 0 aliphatic carbocycles. The van der Waals surface area contributed by atoms with Gasteiger partial charge in [-0.15, -0.1) is 0 Å². The first-order valence-electron chi connectivity index (χ1n) is 7.81. The quantitative estimate of drug-likeness (QED) is 0.350. The van der Waals surface area contributed by atoms with Crippen LogP contribution in [0.25, 0.3) is 0 Å². The van der Waals surface area contributed by atoms with Gasteiger partial charge in [0.15, 0.2) is 0 Å². The first kappa shape index (κ1) is 23.8. The molecule has 0 aliphatic heterocycles. The van der Waals surface area contributed by atoms with Crippen molar-refractivity contribution >= 4 is 0 Å². The zero-order valence-electron chi connectivity index (χ0n) is 15.1. The van der Waals surface area contributed by atoms with E-state index < -0.39 is 0 Å². The van der Waals surface area contributed by atoms with Gasteiger partial charge < -0.3 is 0 Å². The largest absolute Gasteiger partial charge is 0.0961 e. The van der Waals surface area contributed by atoms with Crippen molar-refractivity contribution in [1.29, 1.82) is 0 Å². The molecule has 0 aromatic rings. The van der Waals surface area contributed by atoms with Gasteiger partial charge in [0.1, 0.15) is 0 Å². The molecule has 0 aromatic heterocycles. The molecular weight excluding hydrogens is 240 g/mol. The second-order valence-corrected chi connectivity index (χ2v) is 4.16. The van der Waals surface area contributed by atoms with Crippen LogP contribution >= 0.6 is 0 Å². The maximum absolute atomic E-state index is 4.13. The maximum atomic E-state index is 4.13. The minimum absolute atomic E-state index is 1.02. The van der Waals surface area contributed by atoms with Crippen LogP contribution in [0.5, 0.6) is 0 Å². The minimum atomic E-state index is 1.02. The first-order chi connectivity index (χ1) is 9.51. The Bertz CT molecular complexity index is 335. The van der Waals surface area contributed by atoms with Crippen molar-refractivity contribution in [2.75, 3.05) is 0 Å². The highest BCUT2D eigenvalue weighted by atomic mass is 14.0. The highest BCUT2D eigenvalue weighted by Crippen LogP contribution is 2.18. The standard InChI is InChI=1S/C16H24.2C2H6/c1-7-14(5)10-11-15(6)16(8-2)12-9-13(3)4;2*1-2/h7-9,12H,3,6,10-11H2,1-2,4-5H3;2*1-2H3/b12-9-,14-7-,16-8+;;. The molecule has 0 saturated heterocycles. The molecule has 0 saturated carbocycles. The van der Waals surface area contributed by atoms with Gasteiger partial charge in [0.25, 0.3) is 0 Å². The summed E-state index contributed by atoms with van der Waals surface area (Å²) < 4.78 is 0. The molecule has 0 rings (SSSR count). The smallest absolute Gasteiger partial charge is 0.0242 e. The average molecular weight is 277 g/mol. The highest BCUT2D eigenvalue weighted by molar-refractivity contribution is 5.39. The molecule has 0 spiro atoms. The second kappa shape index (κ2) is 17.7. The lowest BCUT2D eigenvalue weighted by Gasteiger charge is -2.07. The summed E-state index contributed by atoms with van der Waals surface area (Å²) in [6, 6.07) is 0. The summed E-state index contributed by atoms with van der Waals surface area (Å²) in [6.45, 7) is 24.3. The van der Waals surface area contributed by atoms with Gasteiger partial charge in [-0.3, -0.25) is 0 Å². The van der Waals surface area contributed by atoms with Crippen LogP contribution in [0.1, 0.15) is 68.2 Å². The Morgan fingerprint density at radius 3 is 1.65 bits per heavy atom. The van der Waals surface area contributed by atoms with Gasteiger partial charge in [0.05, 0.1) is 0 Å². The third-order valence-electron chi connectivity index (χ3n) is 2.58. The van der Waals surface area contributed by atoms with Crippen LogP contribution in [0.15, 0.2) is 59.8 Å². The summed E-state index contributed by atoms with van der Waals surface area (Å²) in [5.74, 6) is 0. The Balaban J connectivity index is -0.000000656. The lowest BCUT2D eigenvalue weighted by Crippen LogP contribution is -1.87. The van der Waals surface area contributed by atoms with Gasteiger partial charge in [0.2, 0.25) is 0 Å². The van der Waals surface area contributed by atoms with Crippen molar-refractivity contribution in [3.05, 3.63) is 59.8 Å². The van der Waals surface area contributed by atoms with Crippen molar-refractivity contribution < 1.29 is 0 Å². The van der Waals surface area contributed by atoms with Crippen molar-refractivity contribution in [2.24, 2.45) is 0 Å². The van der Waals surface area contributed by atoms with Crippen LogP contribution in [-0.2, 0) is 0 Å². The zero-order chi connectivity index (χ0) is 16.6. The van der Waals surface area contributed by atoms with Crippen LogP contribution < -0.4 is 0 Å². The van der Waals surface area contributed by atoms with E-state index in [4.69, 9.17) is 0 Å². The van der Waals surface area contributed by atoms with Crippen molar-refractivity contribution in [2.45, 2.75) is 68.2 Å². The Labute approximate surface area is 128 Å². The molecule has 0 aromatic carbocycles. The predicted molar refractivity (Wildman–Crippen MR) is 98.2 cm³/mol. The van der Waals surface area contributed by atoms with E-state index >= 15 is 0 Å². The van der Waals surface area contributed by atoms with E-state index in [2.05, 4.69) is 45.2 Å². The van der Waals surface area contributed by atoms with E-state index in [1.54, 1.807) is 0 Å². The number of hydrogen-bond donors (Lipinski definition) is 0. The van der Waals surface area contributed by atoms with Crippen LogP contribution in [-0.4, -0.2) is 0 Å². The molecular formula is C20H36. The average Bonchev–Trinajstić information content (AvgIpc) is 2.49. The van der Waals surface area contributed by atoms with E-state index in [0.717, 1.165) is 18.4 Å². The Hall–Kier alpha value is -1.30. The molecule has 0 fully saturated rings. The summed E-state index contributed by atoms with van der Waals surface area (Å²) in [4.78, 5) is 0. The molecule has 20 heavy (non-hydrogen) atoms. The van der Waals surface area contributed by atoms with E-state index in [1.165, 1.54) is 16.7 Å². The molecule has 0 radical (unpaired) electrons.